The molecule has 1 N–H and O–H groups in total. The summed E-state index contributed by atoms with van der Waals surface area (Å²) in [6, 6.07) is -0.355. The first kappa shape index (κ1) is 13.0. The molecule has 1 saturated heterocycles. The molecule has 7 heteroatoms. The van der Waals surface area contributed by atoms with E-state index in [0.29, 0.717) is 13.0 Å². The topological polar surface area (TPSA) is 91.8 Å². The van der Waals surface area contributed by atoms with Gasteiger partial charge in [-0.05, 0) is 12.8 Å². The Labute approximate surface area is 94.2 Å². The van der Waals surface area contributed by atoms with Gasteiger partial charge in [-0.3, -0.25) is 9.59 Å². The Bertz CT molecular complexity index is 389. The van der Waals surface area contributed by atoms with Crippen LogP contribution in [0, 0.1) is 0 Å². The molecule has 0 saturated carbocycles. The van der Waals surface area contributed by atoms with E-state index < -0.39 is 27.5 Å². The lowest BCUT2D eigenvalue weighted by atomic mass is 10.1. The summed E-state index contributed by atoms with van der Waals surface area (Å²) in [5.41, 5.74) is 0. The molecule has 92 valence electrons. The van der Waals surface area contributed by atoms with Crippen molar-refractivity contribution in [1.29, 1.82) is 0 Å². The second-order valence-corrected chi connectivity index (χ2v) is 6.19. The first-order valence-electron chi connectivity index (χ1n) is 4.98. The average molecular weight is 249 g/mol. The first-order chi connectivity index (χ1) is 7.29. The lowest BCUT2D eigenvalue weighted by molar-refractivity contribution is -0.139. The van der Waals surface area contributed by atoms with Gasteiger partial charge < -0.3 is 10.0 Å². The van der Waals surface area contributed by atoms with Crippen LogP contribution in [0.5, 0.6) is 0 Å². The van der Waals surface area contributed by atoms with E-state index in [1.165, 1.54) is 4.90 Å². The van der Waals surface area contributed by atoms with Gasteiger partial charge in [-0.25, -0.2) is 8.42 Å². The van der Waals surface area contributed by atoms with Crippen LogP contribution in [0.3, 0.4) is 0 Å². The molecule has 0 aromatic carbocycles. The second-order valence-electron chi connectivity index (χ2n) is 4.05. The third-order valence-electron chi connectivity index (χ3n) is 2.49. The summed E-state index contributed by atoms with van der Waals surface area (Å²) in [5, 5.41) is 8.65. The highest BCUT2D eigenvalue weighted by atomic mass is 32.2. The van der Waals surface area contributed by atoms with E-state index in [1.54, 1.807) is 0 Å². The molecule has 1 fully saturated rings. The smallest absolute Gasteiger partial charge is 0.305 e. The maximum absolute atomic E-state index is 11.6. The van der Waals surface area contributed by atoms with E-state index >= 15 is 0 Å². The highest BCUT2D eigenvalue weighted by Gasteiger charge is 2.31. The number of aliphatic carboxylic acids is 1. The molecule has 1 rings (SSSR count). The molecule has 1 amide bonds. The summed E-state index contributed by atoms with van der Waals surface area (Å²) in [6.07, 6.45) is 2.23. The minimum absolute atomic E-state index is 0.116. The molecular formula is C9H15NO5S. The summed E-state index contributed by atoms with van der Waals surface area (Å²) in [4.78, 5) is 23.5. The fourth-order valence-corrected chi connectivity index (χ4v) is 2.50. The highest BCUT2D eigenvalue weighted by molar-refractivity contribution is 7.91. The Morgan fingerprint density at radius 3 is 2.56 bits per heavy atom. The zero-order valence-corrected chi connectivity index (χ0v) is 9.87. The van der Waals surface area contributed by atoms with Crippen LogP contribution < -0.4 is 0 Å². The van der Waals surface area contributed by atoms with Gasteiger partial charge in [0.05, 0.1) is 6.42 Å². The van der Waals surface area contributed by atoms with Crippen LogP contribution in [0.4, 0.5) is 0 Å². The number of hydrogen-bond donors (Lipinski definition) is 1. The maximum atomic E-state index is 11.6. The normalized spacial score (nSPS) is 21.1. The molecule has 6 nitrogen and oxygen atoms in total. The number of amides is 1. The van der Waals surface area contributed by atoms with Gasteiger partial charge in [-0.2, -0.15) is 0 Å². The number of carboxylic acids is 1. The molecule has 1 heterocycles. The van der Waals surface area contributed by atoms with E-state index in [9.17, 15) is 18.0 Å². The zero-order chi connectivity index (χ0) is 12.3. The van der Waals surface area contributed by atoms with Gasteiger partial charge in [-0.15, -0.1) is 0 Å². The summed E-state index contributed by atoms with van der Waals surface area (Å²) < 4.78 is 21.9. The van der Waals surface area contributed by atoms with Crippen molar-refractivity contribution < 1.29 is 23.1 Å². The molecule has 0 aromatic heterocycles. The molecule has 0 radical (unpaired) electrons. The quantitative estimate of drug-likeness (QED) is 0.725. The number of carbonyl (C=O) groups excluding carboxylic acids is 1. The molecule has 1 atom stereocenters. The lowest BCUT2D eigenvalue weighted by Gasteiger charge is -2.22. The standard InChI is InChI=1S/C9H15NO5S/c1-16(14,15)6-8(11)10-4-2-3-7(10)5-9(12)13/h7H,2-6H2,1H3,(H,12,13). The number of rotatable bonds is 4. The van der Waals surface area contributed by atoms with Gasteiger partial charge in [0.15, 0.2) is 9.84 Å². The minimum Gasteiger partial charge on any atom is -0.481 e. The molecule has 0 spiro atoms. The van der Waals surface area contributed by atoms with Crippen LogP contribution in [-0.4, -0.2) is 54.9 Å². The summed E-state index contributed by atoms with van der Waals surface area (Å²) in [7, 11) is -3.35. The third-order valence-corrected chi connectivity index (χ3v) is 3.26. The largest absolute Gasteiger partial charge is 0.481 e. The highest BCUT2D eigenvalue weighted by Crippen LogP contribution is 2.20. The Morgan fingerprint density at radius 2 is 2.06 bits per heavy atom. The van der Waals surface area contributed by atoms with Gasteiger partial charge in [-0.1, -0.05) is 0 Å². The van der Waals surface area contributed by atoms with Crippen LogP contribution in [0.25, 0.3) is 0 Å². The van der Waals surface area contributed by atoms with E-state index in [-0.39, 0.29) is 12.5 Å². The van der Waals surface area contributed by atoms with Gasteiger partial charge >= 0.3 is 5.97 Å². The van der Waals surface area contributed by atoms with Gasteiger partial charge in [0, 0.05) is 18.8 Å². The predicted molar refractivity (Wildman–Crippen MR) is 56.7 cm³/mol. The van der Waals surface area contributed by atoms with E-state index in [4.69, 9.17) is 5.11 Å². The molecule has 1 aliphatic rings. The fourth-order valence-electron chi connectivity index (χ4n) is 1.89. The number of nitrogens with zero attached hydrogens (tertiary/aromatic N) is 1. The average Bonchev–Trinajstić information content (AvgIpc) is 2.47. The Morgan fingerprint density at radius 1 is 1.44 bits per heavy atom. The number of carbonyl (C=O) groups is 2. The molecule has 0 aliphatic carbocycles. The summed E-state index contributed by atoms with van der Waals surface area (Å²) >= 11 is 0. The molecular weight excluding hydrogens is 234 g/mol. The SMILES string of the molecule is CS(=O)(=O)CC(=O)N1CCCC1CC(=O)O. The van der Waals surface area contributed by atoms with Crippen molar-refractivity contribution in [2.75, 3.05) is 18.6 Å². The van der Waals surface area contributed by atoms with Crippen molar-refractivity contribution in [2.45, 2.75) is 25.3 Å². The van der Waals surface area contributed by atoms with Crippen molar-refractivity contribution >= 4 is 21.7 Å². The third kappa shape index (κ3) is 3.80. The van der Waals surface area contributed by atoms with Crippen LogP contribution in [0.15, 0.2) is 0 Å². The second kappa shape index (κ2) is 4.82. The first-order valence-corrected chi connectivity index (χ1v) is 7.04. The van der Waals surface area contributed by atoms with Crippen molar-refractivity contribution in [3.8, 4) is 0 Å². The molecule has 0 bridgehead atoms. The Hall–Kier alpha value is -1.11. The van der Waals surface area contributed by atoms with Gasteiger partial charge in [0.25, 0.3) is 0 Å². The van der Waals surface area contributed by atoms with Crippen molar-refractivity contribution in [3.63, 3.8) is 0 Å². The number of carboxylic acid groups (broad SMARTS) is 1. The lowest BCUT2D eigenvalue weighted by Crippen LogP contribution is -2.40. The Balaban J connectivity index is 2.64. The molecule has 1 unspecified atom stereocenters. The van der Waals surface area contributed by atoms with Crippen LogP contribution in [0.1, 0.15) is 19.3 Å². The van der Waals surface area contributed by atoms with Gasteiger partial charge in [0.1, 0.15) is 5.75 Å². The molecule has 1 aliphatic heterocycles. The van der Waals surface area contributed by atoms with E-state index in [1.807, 2.05) is 0 Å². The molecule has 0 aromatic rings. The van der Waals surface area contributed by atoms with Crippen molar-refractivity contribution in [1.82, 2.24) is 4.90 Å². The number of hydrogen-bond acceptors (Lipinski definition) is 4. The monoisotopic (exact) mass is 249 g/mol. The van der Waals surface area contributed by atoms with Crippen LogP contribution in [-0.2, 0) is 19.4 Å². The predicted octanol–water partition coefficient (Wildman–Crippen LogP) is -0.503. The van der Waals surface area contributed by atoms with Gasteiger partial charge in [0.2, 0.25) is 5.91 Å². The summed E-state index contributed by atoms with van der Waals surface area (Å²) in [6.45, 7) is 0.451. The van der Waals surface area contributed by atoms with E-state index in [0.717, 1.165) is 12.7 Å². The Kier molecular flexibility index (Phi) is 3.90. The fraction of sp³-hybridized carbons (Fsp3) is 0.778. The van der Waals surface area contributed by atoms with E-state index in [2.05, 4.69) is 0 Å². The molecule has 16 heavy (non-hydrogen) atoms. The number of likely N-dealkylation sites (tertiary alicyclic amines) is 1. The summed E-state index contributed by atoms with van der Waals surface area (Å²) in [5.74, 6) is -2.00. The zero-order valence-electron chi connectivity index (χ0n) is 9.05. The van der Waals surface area contributed by atoms with Crippen molar-refractivity contribution in [2.24, 2.45) is 0 Å². The number of sulfone groups is 1. The van der Waals surface area contributed by atoms with Crippen molar-refractivity contribution in [3.05, 3.63) is 0 Å². The maximum Gasteiger partial charge on any atom is 0.305 e. The van der Waals surface area contributed by atoms with Crippen LogP contribution in [0.2, 0.25) is 0 Å². The van der Waals surface area contributed by atoms with Crippen LogP contribution >= 0.6 is 0 Å². The minimum atomic E-state index is -3.35.